The van der Waals surface area contributed by atoms with E-state index in [2.05, 4.69) is 26.5 Å². The van der Waals surface area contributed by atoms with Crippen LogP contribution in [0.3, 0.4) is 0 Å². The SMILES string of the molecule is C=C(C)C1CCC(C)=C[C@@H]1c1c(O)cc(CCCCCC)cc1O. The third-order valence-corrected chi connectivity index (χ3v) is 5.23. The van der Waals surface area contributed by atoms with Crippen LogP contribution in [0.4, 0.5) is 0 Å². The first kappa shape index (κ1) is 18.6. The summed E-state index contributed by atoms with van der Waals surface area (Å²) in [5.74, 6) is 0.747. The maximum Gasteiger partial charge on any atom is 0.123 e. The number of hydrogen-bond donors (Lipinski definition) is 2. The topological polar surface area (TPSA) is 40.5 Å². The molecule has 0 aromatic heterocycles. The number of benzene rings is 1. The standard InChI is InChI=1S/C22H32O2/c1-5-6-7-8-9-17-13-20(23)22(21(24)14-17)19-12-16(4)10-11-18(19)15(2)3/h12-14,18-19,23-24H,2,5-11H2,1,3-4H3/t18?,19-/m0/s1. The predicted molar refractivity (Wildman–Crippen MR) is 102 cm³/mol. The summed E-state index contributed by atoms with van der Waals surface area (Å²) in [7, 11) is 0. The van der Waals surface area contributed by atoms with Gasteiger partial charge in [0.2, 0.25) is 0 Å². The molecule has 2 heteroatoms. The number of allylic oxidation sites excluding steroid dienone is 3. The zero-order valence-corrected chi connectivity index (χ0v) is 15.4. The van der Waals surface area contributed by atoms with Crippen LogP contribution in [-0.4, -0.2) is 10.2 Å². The summed E-state index contributed by atoms with van der Waals surface area (Å²) in [5, 5.41) is 21.2. The Bertz CT molecular complexity index is 589. The summed E-state index contributed by atoms with van der Waals surface area (Å²) >= 11 is 0. The molecule has 1 aliphatic rings. The summed E-state index contributed by atoms with van der Waals surface area (Å²) < 4.78 is 0. The van der Waals surface area contributed by atoms with Gasteiger partial charge in [-0.25, -0.2) is 0 Å². The van der Waals surface area contributed by atoms with Gasteiger partial charge in [-0.2, -0.15) is 0 Å². The van der Waals surface area contributed by atoms with E-state index in [9.17, 15) is 10.2 Å². The highest BCUT2D eigenvalue weighted by molar-refractivity contribution is 5.51. The normalized spacial score (nSPS) is 20.7. The average molecular weight is 328 g/mol. The number of aryl methyl sites for hydroxylation is 1. The van der Waals surface area contributed by atoms with Crippen molar-refractivity contribution in [3.05, 3.63) is 47.1 Å². The summed E-state index contributed by atoms with van der Waals surface area (Å²) in [6, 6.07) is 3.68. The van der Waals surface area contributed by atoms with Crippen LogP contribution >= 0.6 is 0 Å². The molecule has 2 rings (SSSR count). The molecule has 2 nitrogen and oxygen atoms in total. The molecule has 0 saturated heterocycles. The fourth-order valence-corrected chi connectivity index (χ4v) is 3.83. The van der Waals surface area contributed by atoms with Crippen molar-refractivity contribution in [1.82, 2.24) is 0 Å². The lowest BCUT2D eigenvalue weighted by atomic mass is 9.73. The number of rotatable bonds is 7. The van der Waals surface area contributed by atoms with Gasteiger partial charge in [0, 0.05) is 11.5 Å². The van der Waals surface area contributed by atoms with Crippen molar-refractivity contribution in [2.45, 2.75) is 71.6 Å². The molecule has 0 amide bonds. The maximum absolute atomic E-state index is 10.6. The Morgan fingerprint density at radius 2 is 1.83 bits per heavy atom. The zero-order chi connectivity index (χ0) is 17.7. The monoisotopic (exact) mass is 328 g/mol. The smallest absolute Gasteiger partial charge is 0.123 e. The third-order valence-electron chi connectivity index (χ3n) is 5.23. The van der Waals surface area contributed by atoms with Crippen molar-refractivity contribution < 1.29 is 10.2 Å². The van der Waals surface area contributed by atoms with Gasteiger partial charge in [0.15, 0.2) is 0 Å². The minimum Gasteiger partial charge on any atom is -0.507 e. The third kappa shape index (κ3) is 4.43. The van der Waals surface area contributed by atoms with Crippen molar-refractivity contribution in [2.24, 2.45) is 5.92 Å². The lowest BCUT2D eigenvalue weighted by Gasteiger charge is -2.31. The van der Waals surface area contributed by atoms with Gasteiger partial charge in [0.05, 0.1) is 0 Å². The fourth-order valence-electron chi connectivity index (χ4n) is 3.83. The molecular formula is C22H32O2. The van der Waals surface area contributed by atoms with Gasteiger partial charge in [0.1, 0.15) is 11.5 Å². The fraction of sp³-hybridized carbons (Fsp3) is 0.545. The van der Waals surface area contributed by atoms with Crippen molar-refractivity contribution in [3.8, 4) is 11.5 Å². The molecule has 132 valence electrons. The lowest BCUT2D eigenvalue weighted by Crippen LogP contribution is -2.17. The van der Waals surface area contributed by atoms with Gasteiger partial charge >= 0.3 is 0 Å². The number of hydrogen-bond acceptors (Lipinski definition) is 2. The van der Waals surface area contributed by atoms with Crippen molar-refractivity contribution in [1.29, 1.82) is 0 Å². The van der Waals surface area contributed by atoms with E-state index in [1.165, 1.54) is 24.8 Å². The van der Waals surface area contributed by atoms with Gasteiger partial charge in [-0.3, -0.25) is 0 Å². The van der Waals surface area contributed by atoms with E-state index in [1.54, 1.807) is 0 Å². The second-order valence-corrected chi connectivity index (χ2v) is 7.39. The van der Waals surface area contributed by atoms with Crippen LogP contribution in [0, 0.1) is 5.92 Å². The second-order valence-electron chi connectivity index (χ2n) is 7.39. The predicted octanol–water partition coefficient (Wildman–Crippen LogP) is 6.24. The van der Waals surface area contributed by atoms with Crippen LogP contribution in [0.1, 0.15) is 76.3 Å². The molecule has 0 bridgehead atoms. The van der Waals surface area contributed by atoms with Gasteiger partial charge in [-0.05, 0) is 63.1 Å². The minimum absolute atomic E-state index is 0.0189. The molecule has 1 aromatic rings. The molecule has 1 unspecified atom stereocenters. The number of phenols is 2. The van der Waals surface area contributed by atoms with Crippen LogP contribution in [0.5, 0.6) is 11.5 Å². The van der Waals surface area contributed by atoms with Crippen LogP contribution in [0.2, 0.25) is 0 Å². The molecule has 0 aliphatic heterocycles. The Hall–Kier alpha value is -1.70. The lowest BCUT2D eigenvalue weighted by molar-refractivity contribution is 0.406. The zero-order valence-electron chi connectivity index (χ0n) is 15.4. The van der Waals surface area contributed by atoms with Crippen molar-refractivity contribution >= 4 is 0 Å². The van der Waals surface area contributed by atoms with Crippen molar-refractivity contribution in [3.63, 3.8) is 0 Å². The number of unbranched alkanes of at least 4 members (excludes halogenated alkanes) is 3. The molecule has 0 saturated carbocycles. The second kappa shape index (κ2) is 8.41. The molecular weight excluding hydrogens is 296 g/mol. The van der Waals surface area contributed by atoms with E-state index >= 15 is 0 Å². The molecule has 1 aromatic carbocycles. The van der Waals surface area contributed by atoms with E-state index in [1.807, 2.05) is 19.1 Å². The summed E-state index contributed by atoms with van der Waals surface area (Å²) in [5.41, 5.74) is 4.12. The van der Waals surface area contributed by atoms with Gasteiger partial charge in [-0.15, -0.1) is 0 Å². The number of aromatic hydroxyl groups is 2. The van der Waals surface area contributed by atoms with E-state index in [4.69, 9.17) is 0 Å². The molecule has 0 radical (unpaired) electrons. The van der Waals surface area contributed by atoms with Crippen LogP contribution < -0.4 is 0 Å². The first-order chi connectivity index (χ1) is 11.4. The van der Waals surface area contributed by atoms with E-state index in [0.29, 0.717) is 5.56 Å². The van der Waals surface area contributed by atoms with Crippen LogP contribution in [0.25, 0.3) is 0 Å². The average Bonchev–Trinajstić information content (AvgIpc) is 2.51. The first-order valence-corrected chi connectivity index (χ1v) is 9.31. The van der Waals surface area contributed by atoms with E-state index in [0.717, 1.165) is 36.8 Å². The molecule has 2 atom stereocenters. The molecule has 0 heterocycles. The highest BCUT2D eigenvalue weighted by Gasteiger charge is 2.30. The van der Waals surface area contributed by atoms with Crippen molar-refractivity contribution in [2.75, 3.05) is 0 Å². The Balaban J connectivity index is 2.26. The van der Waals surface area contributed by atoms with E-state index in [-0.39, 0.29) is 23.3 Å². The highest BCUT2D eigenvalue weighted by atomic mass is 16.3. The Labute approximate surface area is 146 Å². The first-order valence-electron chi connectivity index (χ1n) is 9.31. The summed E-state index contributed by atoms with van der Waals surface area (Å²) in [4.78, 5) is 0. The highest BCUT2D eigenvalue weighted by Crippen LogP contribution is 2.46. The summed E-state index contributed by atoms with van der Waals surface area (Å²) in [6.45, 7) is 10.5. The quantitative estimate of drug-likeness (QED) is 0.459. The number of phenolic OH excluding ortho intramolecular Hbond substituents is 2. The largest absolute Gasteiger partial charge is 0.507 e. The molecule has 24 heavy (non-hydrogen) atoms. The maximum atomic E-state index is 10.6. The summed E-state index contributed by atoms with van der Waals surface area (Å²) in [6.07, 6.45) is 9.94. The molecule has 0 fully saturated rings. The van der Waals surface area contributed by atoms with Gasteiger partial charge < -0.3 is 10.2 Å². The van der Waals surface area contributed by atoms with Crippen LogP contribution in [0.15, 0.2) is 35.9 Å². The molecule has 0 spiro atoms. The van der Waals surface area contributed by atoms with Gasteiger partial charge in [-0.1, -0.05) is 50.0 Å². The van der Waals surface area contributed by atoms with Gasteiger partial charge in [0.25, 0.3) is 0 Å². The van der Waals surface area contributed by atoms with E-state index < -0.39 is 0 Å². The molecule has 2 N–H and O–H groups in total. The Morgan fingerprint density at radius 3 is 2.42 bits per heavy atom. The Kier molecular flexibility index (Phi) is 6.53. The molecule has 1 aliphatic carbocycles. The minimum atomic E-state index is 0.0189. The Morgan fingerprint density at radius 1 is 1.17 bits per heavy atom. The van der Waals surface area contributed by atoms with Crippen LogP contribution in [-0.2, 0) is 6.42 Å².